The number of rotatable bonds is 5. The molecule has 4 nitrogen and oxygen atoms in total. The molecule has 110 valence electrons. The summed E-state index contributed by atoms with van der Waals surface area (Å²) in [7, 11) is 0. The molecule has 0 aliphatic carbocycles. The van der Waals surface area contributed by atoms with Crippen molar-refractivity contribution in [2.24, 2.45) is 0 Å². The average Bonchev–Trinajstić information content (AvgIpc) is 2.87. The number of aromatic nitrogens is 2. The standard InChI is InChI=1S/C16H17FN2O2/c1-13-18-7-8-19(13)9-11-21-15-6-5-14(16(17)12-15)4-2-3-10-20/h5-8,12,20H,3,9-11H2,1H3. The van der Waals surface area contributed by atoms with E-state index in [1.54, 1.807) is 18.3 Å². The van der Waals surface area contributed by atoms with E-state index in [9.17, 15) is 4.39 Å². The molecule has 0 spiro atoms. The van der Waals surface area contributed by atoms with Crippen LogP contribution in [0.4, 0.5) is 4.39 Å². The molecule has 0 aliphatic rings. The zero-order chi connectivity index (χ0) is 15.1. The van der Waals surface area contributed by atoms with Crippen molar-refractivity contribution >= 4 is 0 Å². The van der Waals surface area contributed by atoms with E-state index in [-0.39, 0.29) is 6.61 Å². The van der Waals surface area contributed by atoms with Gasteiger partial charge in [0.2, 0.25) is 0 Å². The molecular weight excluding hydrogens is 271 g/mol. The Labute approximate surface area is 123 Å². The number of hydrogen-bond acceptors (Lipinski definition) is 3. The molecule has 0 radical (unpaired) electrons. The molecule has 1 aromatic heterocycles. The molecule has 0 fully saturated rings. The topological polar surface area (TPSA) is 47.3 Å². The van der Waals surface area contributed by atoms with Crippen LogP contribution in [0.2, 0.25) is 0 Å². The van der Waals surface area contributed by atoms with Crippen molar-refractivity contribution in [3.8, 4) is 17.6 Å². The van der Waals surface area contributed by atoms with E-state index < -0.39 is 5.82 Å². The quantitative estimate of drug-likeness (QED) is 0.858. The molecule has 1 aromatic carbocycles. The van der Waals surface area contributed by atoms with Crippen molar-refractivity contribution in [2.45, 2.75) is 19.9 Å². The maximum atomic E-state index is 13.8. The van der Waals surface area contributed by atoms with Crippen LogP contribution in [0.15, 0.2) is 30.6 Å². The van der Waals surface area contributed by atoms with Crippen LogP contribution < -0.4 is 4.74 Å². The third kappa shape index (κ3) is 4.33. The van der Waals surface area contributed by atoms with E-state index in [1.165, 1.54) is 6.07 Å². The van der Waals surface area contributed by atoms with Crippen molar-refractivity contribution in [3.63, 3.8) is 0 Å². The van der Waals surface area contributed by atoms with E-state index in [0.29, 0.717) is 30.9 Å². The molecule has 1 heterocycles. The number of aryl methyl sites for hydroxylation is 1. The highest BCUT2D eigenvalue weighted by molar-refractivity contribution is 5.39. The second-order valence-electron chi connectivity index (χ2n) is 4.43. The van der Waals surface area contributed by atoms with E-state index in [0.717, 1.165) is 5.82 Å². The summed E-state index contributed by atoms with van der Waals surface area (Å²) in [6, 6.07) is 4.59. The molecular formula is C16H17FN2O2. The highest BCUT2D eigenvalue weighted by Gasteiger charge is 2.03. The van der Waals surface area contributed by atoms with E-state index in [2.05, 4.69) is 16.8 Å². The summed E-state index contributed by atoms with van der Waals surface area (Å²) in [5, 5.41) is 8.63. The number of hydrogen-bond donors (Lipinski definition) is 1. The molecule has 21 heavy (non-hydrogen) atoms. The maximum absolute atomic E-state index is 13.8. The van der Waals surface area contributed by atoms with Crippen molar-refractivity contribution in [1.29, 1.82) is 0 Å². The Bertz CT molecular complexity index is 656. The van der Waals surface area contributed by atoms with Crippen LogP contribution in [-0.4, -0.2) is 27.9 Å². The van der Waals surface area contributed by atoms with Gasteiger partial charge >= 0.3 is 0 Å². The molecule has 0 aliphatic heterocycles. The molecule has 0 amide bonds. The molecule has 1 N–H and O–H groups in total. The average molecular weight is 288 g/mol. The van der Waals surface area contributed by atoms with Gasteiger partial charge in [0.05, 0.1) is 18.7 Å². The van der Waals surface area contributed by atoms with Gasteiger partial charge in [0.1, 0.15) is 24.0 Å². The maximum Gasteiger partial charge on any atom is 0.142 e. The van der Waals surface area contributed by atoms with Crippen LogP contribution in [0.25, 0.3) is 0 Å². The van der Waals surface area contributed by atoms with Gasteiger partial charge < -0.3 is 14.4 Å². The summed E-state index contributed by atoms with van der Waals surface area (Å²) in [5.41, 5.74) is 0.307. The third-order valence-electron chi connectivity index (χ3n) is 2.92. The summed E-state index contributed by atoms with van der Waals surface area (Å²) >= 11 is 0. The van der Waals surface area contributed by atoms with Crippen LogP contribution in [-0.2, 0) is 6.54 Å². The summed E-state index contributed by atoms with van der Waals surface area (Å²) in [5.74, 6) is 6.33. The SMILES string of the molecule is Cc1nccn1CCOc1ccc(C#CCCO)c(F)c1. The Morgan fingerprint density at radius 3 is 2.95 bits per heavy atom. The van der Waals surface area contributed by atoms with Gasteiger partial charge in [-0.3, -0.25) is 0 Å². The van der Waals surface area contributed by atoms with E-state index >= 15 is 0 Å². The largest absolute Gasteiger partial charge is 0.492 e. The lowest BCUT2D eigenvalue weighted by molar-refractivity contribution is 0.295. The molecule has 0 unspecified atom stereocenters. The normalized spacial score (nSPS) is 10.0. The Morgan fingerprint density at radius 1 is 1.43 bits per heavy atom. The molecule has 5 heteroatoms. The van der Waals surface area contributed by atoms with Gasteiger partial charge in [0.25, 0.3) is 0 Å². The van der Waals surface area contributed by atoms with Gasteiger partial charge in [-0.15, -0.1) is 0 Å². The summed E-state index contributed by atoms with van der Waals surface area (Å²) in [6.45, 7) is 2.99. The first-order chi connectivity index (χ1) is 10.2. The van der Waals surface area contributed by atoms with E-state index in [4.69, 9.17) is 9.84 Å². The van der Waals surface area contributed by atoms with Crippen molar-refractivity contribution in [2.75, 3.05) is 13.2 Å². The monoisotopic (exact) mass is 288 g/mol. The lowest BCUT2D eigenvalue weighted by Crippen LogP contribution is -2.08. The number of aliphatic hydroxyl groups excluding tert-OH is 1. The van der Waals surface area contributed by atoms with Crippen LogP contribution in [0.5, 0.6) is 5.75 Å². The first-order valence-electron chi connectivity index (χ1n) is 6.70. The van der Waals surface area contributed by atoms with Crippen molar-refractivity contribution in [3.05, 3.63) is 47.8 Å². The van der Waals surface area contributed by atoms with Gasteiger partial charge in [-0.1, -0.05) is 11.8 Å². The zero-order valence-corrected chi connectivity index (χ0v) is 11.8. The predicted molar refractivity (Wildman–Crippen MR) is 77.4 cm³/mol. The van der Waals surface area contributed by atoms with Crippen LogP contribution in [0.1, 0.15) is 17.8 Å². The zero-order valence-electron chi connectivity index (χ0n) is 11.8. The molecule has 2 rings (SSSR count). The molecule has 0 bridgehead atoms. The number of aliphatic hydroxyl groups is 1. The molecule has 0 atom stereocenters. The van der Waals surface area contributed by atoms with E-state index in [1.807, 2.05) is 17.7 Å². The van der Waals surface area contributed by atoms with Gasteiger partial charge in [0, 0.05) is 24.9 Å². The fraction of sp³-hybridized carbons (Fsp3) is 0.312. The number of imidazole rings is 1. The molecule has 2 aromatic rings. The van der Waals surface area contributed by atoms with Crippen LogP contribution in [0.3, 0.4) is 0 Å². The Hall–Kier alpha value is -2.32. The number of nitrogens with zero attached hydrogens (tertiary/aromatic N) is 2. The Morgan fingerprint density at radius 2 is 2.29 bits per heavy atom. The second-order valence-corrected chi connectivity index (χ2v) is 4.43. The van der Waals surface area contributed by atoms with Crippen molar-refractivity contribution in [1.82, 2.24) is 9.55 Å². The summed E-state index contributed by atoms with van der Waals surface area (Å²) < 4.78 is 21.3. The summed E-state index contributed by atoms with van der Waals surface area (Å²) in [4.78, 5) is 4.12. The fourth-order valence-corrected chi connectivity index (χ4v) is 1.80. The minimum atomic E-state index is -0.420. The Kier molecular flexibility index (Phi) is 5.35. The second kappa shape index (κ2) is 7.46. The lowest BCUT2D eigenvalue weighted by Gasteiger charge is -2.08. The summed E-state index contributed by atoms with van der Waals surface area (Å²) in [6.07, 6.45) is 3.94. The smallest absolute Gasteiger partial charge is 0.142 e. The van der Waals surface area contributed by atoms with Gasteiger partial charge in [-0.25, -0.2) is 9.37 Å². The molecule has 0 saturated carbocycles. The highest BCUT2D eigenvalue weighted by Crippen LogP contribution is 2.16. The number of ether oxygens (including phenoxy) is 1. The first-order valence-corrected chi connectivity index (χ1v) is 6.70. The third-order valence-corrected chi connectivity index (χ3v) is 2.92. The first kappa shape index (κ1) is 15.1. The highest BCUT2D eigenvalue weighted by atomic mass is 19.1. The minimum absolute atomic E-state index is 0.0243. The fourth-order valence-electron chi connectivity index (χ4n) is 1.80. The van der Waals surface area contributed by atoms with Gasteiger partial charge in [0.15, 0.2) is 0 Å². The van der Waals surface area contributed by atoms with Gasteiger partial charge in [-0.2, -0.15) is 0 Å². The Balaban J connectivity index is 1.91. The van der Waals surface area contributed by atoms with Crippen molar-refractivity contribution < 1.29 is 14.2 Å². The number of halogens is 1. The molecule has 0 saturated heterocycles. The van der Waals surface area contributed by atoms with Gasteiger partial charge in [-0.05, 0) is 19.1 Å². The number of benzene rings is 1. The van der Waals surface area contributed by atoms with Crippen LogP contribution >= 0.6 is 0 Å². The minimum Gasteiger partial charge on any atom is -0.492 e. The van der Waals surface area contributed by atoms with Crippen LogP contribution in [0, 0.1) is 24.6 Å². The predicted octanol–water partition coefficient (Wildman–Crippen LogP) is 2.14. The lowest BCUT2D eigenvalue weighted by atomic mass is 10.2.